The van der Waals surface area contributed by atoms with Crippen LogP contribution in [-0.2, 0) is 10.9 Å². The number of anilines is 2. The van der Waals surface area contributed by atoms with Gasteiger partial charge in [-0.05, 0) is 48.5 Å². The normalized spacial score (nSPS) is 13.2. The lowest BCUT2D eigenvalue weighted by Crippen LogP contribution is -2.19. The van der Waals surface area contributed by atoms with Crippen molar-refractivity contribution < 1.29 is 32.2 Å². The minimum Gasteiger partial charge on any atom is -0.461 e. The van der Waals surface area contributed by atoms with Crippen molar-refractivity contribution in [1.29, 1.82) is 0 Å². The van der Waals surface area contributed by atoms with E-state index in [4.69, 9.17) is 27.5 Å². The topological polar surface area (TPSA) is 114 Å². The maximum Gasteiger partial charge on any atom is 0.417 e. The molecule has 1 aromatic heterocycles. The van der Waals surface area contributed by atoms with Crippen LogP contribution in [0.25, 0.3) is 0 Å². The molecule has 2 N–H and O–H groups in total. The van der Waals surface area contributed by atoms with Crippen LogP contribution in [0.2, 0.25) is 5.02 Å². The average Bonchev–Trinajstić information content (AvgIpc) is 3.69. The van der Waals surface area contributed by atoms with Crippen molar-refractivity contribution in [3.05, 3.63) is 77.1 Å². The van der Waals surface area contributed by atoms with Crippen LogP contribution in [0.5, 0.6) is 11.5 Å². The van der Waals surface area contributed by atoms with E-state index in [1.807, 2.05) is 0 Å². The highest BCUT2D eigenvalue weighted by Crippen LogP contribution is 2.37. The number of terminal acetylenes is 1. The molecule has 0 aliphatic carbocycles. The number of benzene rings is 2. The minimum atomic E-state index is -4.66. The Kier molecular flexibility index (Phi) is 8.55. The summed E-state index contributed by atoms with van der Waals surface area (Å²) in [4.78, 5) is 28.7. The first-order valence-electron chi connectivity index (χ1n) is 11.8. The van der Waals surface area contributed by atoms with Crippen LogP contribution >= 0.6 is 11.6 Å². The second kappa shape index (κ2) is 12.0. The third kappa shape index (κ3) is 7.70. The number of rotatable bonds is 10. The van der Waals surface area contributed by atoms with Crippen LogP contribution in [0.15, 0.2) is 71.0 Å². The van der Waals surface area contributed by atoms with Crippen molar-refractivity contribution in [2.75, 3.05) is 17.2 Å². The molecule has 0 fully saturated rings. The van der Waals surface area contributed by atoms with E-state index in [9.17, 15) is 22.8 Å². The van der Waals surface area contributed by atoms with Gasteiger partial charge in [-0.1, -0.05) is 11.6 Å². The second-order valence-electron chi connectivity index (χ2n) is 8.55. The molecule has 1 aliphatic heterocycles. The van der Waals surface area contributed by atoms with Crippen LogP contribution in [0, 0.1) is 12.3 Å². The van der Waals surface area contributed by atoms with Gasteiger partial charge in [0.1, 0.15) is 11.5 Å². The molecule has 0 saturated heterocycles. The maximum atomic E-state index is 13.0. The molecule has 1 aliphatic rings. The zero-order chi connectivity index (χ0) is 28.8. The maximum absolute atomic E-state index is 13.0. The predicted octanol–water partition coefficient (Wildman–Crippen LogP) is 7.31. The Hall–Kier alpha value is -4.63. The fourth-order valence-corrected chi connectivity index (χ4v) is 3.72. The third-order valence-electron chi connectivity index (χ3n) is 5.61. The number of hydrogen-bond donors (Lipinski definition) is 2. The van der Waals surface area contributed by atoms with Gasteiger partial charge in [-0.3, -0.25) is 0 Å². The standard InChI is InChI=1S/C27H21ClF3N5O4/c1-2-3-11-26(35-36-26)12-14-39-24(37)23-16-20(10-13-32-23)40-19-7-4-17(5-8-19)33-25(38)34-18-6-9-22(28)21(15-18)27(29,30)31/h1,4-10,13,15-16H,3,11-12,14H2,(H2,33,34,38). The summed E-state index contributed by atoms with van der Waals surface area (Å²) in [5, 5.41) is 12.3. The zero-order valence-corrected chi connectivity index (χ0v) is 21.4. The summed E-state index contributed by atoms with van der Waals surface area (Å²) in [5.41, 5.74) is -1.30. The number of esters is 1. The fourth-order valence-electron chi connectivity index (χ4n) is 3.49. The van der Waals surface area contributed by atoms with E-state index < -0.39 is 34.4 Å². The van der Waals surface area contributed by atoms with Crippen molar-refractivity contribution in [3.63, 3.8) is 0 Å². The van der Waals surface area contributed by atoms with Crippen LogP contribution in [0.4, 0.5) is 29.3 Å². The van der Waals surface area contributed by atoms with Gasteiger partial charge in [0.05, 0.1) is 17.2 Å². The summed E-state index contributed by atoms with van der Waals surface area (Å²) in [5.74, 6) is 2.61. The molecule has 0 atom stereocenters. The highest BCUT2D eigenvalue weighted by Gasteiger charge is 2.39. The number of nitrogens with one attached hydrogen (secondary N) is 2. The highest BCUT2D eigenvalue weighted by atomic mass is 35.5. The molecule has 40 heavy (non-hydrogen) atoms. The average molecular weight is 572 g/mol. The number of amides is 2. The van der Waals surface area contributed by atoms with Crippen molar-refractivity contribution in [3.8, 4) is 23.8 Å². The summed E-state index contributed by atoms with van der Waals surface area (Å²) in [6, 6.07) is 11.4. The van der Waals surface area contributed by atoms with Gasteiger partial charge in [0, 0.05) is 42.9 Å². The van der Waals surface area contributed by atoms with Crippen molar-refractivity contribution in [2.45, 2.75) is 31.1 Å². The highest BCUT2D eigenvalue weighted by molar-refractivity contribution is 6.31. The number of pyridine rings is 1. The Morgan fingerprint density at radius 2 is 1.68 bits per heavy atom. The number of ether oxygens (including phenoxy) is 2. The molecular weight excluding hydrogens is 551 g/mol. The molecule has 9 nitrogen and oxygen atoms in total. The van der Waals surface area contributed by atoms with Crippen molar-refractivity contribution >= 4 is 35.0 Å². The Bertz CT molecular complexity index is 1470. The first kappa shape index (κ1) is 28.4. The SMILES string of the molecule is C#CCCC1(CCOC(=O)c2cc(Oc3ccc(NC(=O)Nc4ccc(Cl)c(C(F)(F)F)c4)cc3)ccn2)N=N1. The van der Waals surface area contributed by atoms with E-state index in [0.29, 0.717) is 36.4 Å². The number of urea groups is 1. The fraction of sp³-hybridized carbons (Fsp3) is 0.222. The Balaban J connectivity index is 1.28. The van der Waals surface area contributed by atoms with E-state index in [1.165, 1.54) is 30.5 Å². The number of carbonyl (C=O) groups excluding carboxylic acids is 2. The van der Waals surface area contributed by atoms with E-state index >= 15 is 0 Å². The van der Waals surface area contributed by atoms with Crippen LogP contribution in [-0.4, -0.2) is 29.3 Å². The largest absolute Gasteiger partial charge is 0.461 e. The second-order valence-corrected chi connectivity index (χ2v) is 8.95. The number of hydrogen-bond acceptors (Lipinski definition) is 7. The number of carbonyl (C=O) groups is 2. The van der Waals surface area contributed by atoms with E-state index in [2.05, 4.69) is 31.8 Å². The lowest BCUT2D eigenvalue weighted by molar-refractivity contribution is -0.137. The van der Waals surface area contributed by atoms with Gasteiger partial charge in [-0.2, -0.15) is 23.4 Å². The number of aromatic nitrogens is 1. The summed E-state index contributed by atoms with van der Waals surface area (Å²) in [6.45, 7) is 0.104. The monoisotopic (exact) mass is 571 g/mol. The van der Waals surface area contributed by atoms with E-state index in [-0.39, 0.29) is 18.0 Å². The quantitative estimate of drug-likeness (QED) is 0.195. The molecule has 2 heterocycles. The third-order valence-corrected chi connectivity index (χ3v) is 5.94. The summed E-state index contributed by atoms with van der Waals surface area (Å²) >= 11 is 5.60. The van der Waals surface area contributed by atoms with Gasteiger partial charge in [-0.25, -0.2) is 14.6 Å². The van der Waals surface area contributed by atoms with E-state index in [0.717, 1.165) is 12.1 Å². The van der Waals surface area contributed by atoms with Gasteiger partial charge < -0.3 is 20.1 Å². The molecule has 0 radical (unpaired) electrons. The Morgan fingerprint density at radius 3 is 2.35 bits per heavy atom. The number of alkyl halides is 3. The van der Waals surface area contributed by atoms with Crippen molar-refractivity contribution in [2.24, 2.45) is 10.2 Å². The first-order valence-corrected chi connectivity index (χ1v) is 12.2. The molecule has 13 heteroatoms. The van der Waals surface area contributed by atoms with Gasteiger partial charge >= 0.3 is 18.2 Å². The molecule has 0 bridgehead atoms. The molecule has 2 aromatic carbocycles. The molecule has 0 spiro atoms. The predicted molar refractivity (Wildman–Crippen MR) is 140 cm³/mol. The van der Waals surface area contributed by atoms with Crippen molar-refractivity contribution in [1.82, 2.24) is 4.98 Å². The molecular formula is C27H21ClF3N5O4. The smallest absolute Gasteiger partial charge is 0.417 e. The van der Waals surface area contributed by atoms with Crippen LogP contribution < -0.4 is 15.4 Å². The van der Waals surface area contributed by atoms with Gasteiger partial charge in [0.25, 0.3) is 0 Å². The Morgan fingerprint density at radius 1 is 0.975 bits per heavy atom. The summed E-state index contributed by atoms with van der Waals surface area (Å²) in [6.07, 6.45) is 3.57. The molecule has 0 unspecified atom stereocenters. The lowest BCUT2D eigenvalue weighted by atomic mass is 10.1. The minimum absolute atomic E-state index is 0.0469. The molecule has 4 rings (SSSR count). The van der Waals surface area contributed by atoms with E-state index in [1.54, 1.807) is 18.2 Å². The number of nitrogens with zero attached hydrogens (tertiary/aromatic N) is 3. The van der Waals surface area contributed by atoms with Crippen LogP contribution in [0.3, 0.4) is 0 Å². The molecule has 206 valence electrons. The van der Waals surface area contributed by atoms with Crippen LogP contribution in [0.1, 0.15) is 35.3 Å². The molecule has 2 amide bonds. The Labute approximate surface area is 231 Å². The van der Waals surface area contributed by atoms with Gasteiger partial charge in [0.2, 0.25) is 0 Å². The van der Waals surface area contributed by atoms with Gasteiger partial charge in [-0.15, -0.1) is 12.3 Å². The summed E-state index contributed by atoms with van der Waals surface area (Å²) in [7, 11) is 0. The molecule has 0 saturated carbocycles. The first-order chi connectivity index (χ1) is 19.1. The number of halogens is 4. The summed E-state index contributed by atoms with van der Waals surface area (Å²) < 4.78 is 50.1. The molecule has 3 aromatic rings. The van der Waals surface area contributed by atoms with Gasteiger partial charge in [0.15, 0.2) is 11.4 Å². The zero-order valence-electron chi connectivity index (χ0n) is 20.7. The lowest BCUT2D eigenvalue weighted by Gasteiger charge is -2.13.